The van der Waals surface area contributed by atoms with E-state index in [1.807, 2.05) is 24.3 Å². The Kier molecular flexibility index (Phi) is 3.22. The first-order valence-electron chi connectivity index (χ1n) is 6.21. The molecule has 3 rings (SSSR count). The summed E-state index contributed by atoms with van der Waals surface area (Å²) in [5, 5.41) is 2.15. The summed E-state index contributed by atoms with van der Waals surface area (Å²) in [7, 11) is 0. The van der Waals surface area contributed by atoms with Crippen LogP contribution >= 0.6 is 15.9 Å². The number of ether oxygens (including phenoxy) is 1. The van der Waals surface area contributed by atoms with E-state index in [1.165, 1.54) is 0 Å². The van der Waals surface area contributed by atoms with E-state index in [4.69, 9.17) is 10.5 Å². The van der Waals surface area contributed by atoms with Crippen molar-refractivity contribution in [3.8, 4) is 5.88 Å². The molecule has 1 heterocycles. The molecular weight excluding hydrogens is 292 g/mol. The Morgan fingerprint density at radius 3 is 2.89 bits per heavy atom. The molecule has 0 aliphatic heterocycles. The largest absolute Gasteiger partial charge is 0.472 e. The molecule has 0 radical (unpaired) electrons. The number of nitrogens with two attached hydrogens (primary N) is 1. The maximum atomic E-state index is 6.04. The van der Waals surface area contributed by atoms with Crippen LogP contribution in [0, 0.1) is 0 Å². The zero-order valence-electron chi connectivity index (χ0n) is 9.97. The molecule has 0 spiro atoms. The number of fused-ring (bicyclic) bond motifs is 1. The van der Waals surface area contributed by atoms with Crippen LogP contribution in [-0.4, -0.2) is 17.1 Å². The molecule has 1 aliphatic carbocycles. The quantitative estimate of drug-likeness (QED) is 0.926. The molecule has 1 aliphatic rings. The van der Waals surface area contributed by atoms with Crippen molar-refractivity contribution in [1.29, 1.82) is 0 Å². The zero-order chi connectivity index (χ0) is 12.5. The molecule has 94 valence electrons. The zero-order valence-corrected chi connectivity index (χ0v) is 11.6. The molecule has 0 saturated heterocycles. The Morgan fingerprint density at radius 2 is 2.11 bits per heavy atom. The summed E-state index contributed by atoms with van der Waals surface area (Å²) in [4.78, 5) is 4.35. The highest BCUT2D eigenvalue weighted by molar-refractivity contribution is 9.10. The second kappa shape index (κ2) is 4.86. The number of hydrogen-bond acceptors (Lipinski definition) is 3. The van der Waals surface area contributed by atoms with Gasteiger partial charge in [-0.2, -0.15) is 0 Å². The maximum Gasteiger partial charge on any atom is 0.221 e. The number of aromatic nitrogens is 1. The van der Waals surface area contributed by atoms with E-state index >= 15 is 0 Å². The fraction of sp³-hybridized carbons (Fsp3) is 0.357. The Morgan fingerprint density at radius 1 is 1.22 bits per heavy atom. The van der Waals surface area contributed by atoms with Crippen molar-refractivity contribution in [1.82, 2.24) is 4.98 Å². The maximum absolute atomic E-state index is 6.04. The highest BCUT2D eigenvalue weighted by atomic mass is 79.9. The molecule has 2 unspecified atom stereocenters. The van der Waals surface area contributed by atoms with Gasteiger partial charge in [0.1, 0.15) is 6.10 Å². The molecule has 2 atom stereocenters. The fourth-order valence-electron chi connectivity index (χ4n) is 2.48. The van der Waals surface area contributed by atoms with Crippen molar-refractivity contribution in [2.24, 2.45) is 5.73 Å². The topological polar surface area (TPSA) is 48.1 Å². The van der Waals surface area contributed by atoms with E-state index in [0.717, 1.165) is 34.5 Å². The standard InChI is InChI=1S/C14H15BrN2O/c15-11-4-1-3-10-9(11)7-8-17-14(10)18-13-6-2-5-12(13)16/h1,3-4,7-8,12-13H,2,5-6,16H2. The number of rotatable bonds is 2. The van der Waals surface area contributed by atoms with E-state index in [1.54, 1.807) is 6.20 Å². The molecule has 0 amide bonds. The third-order valence-electron chi connectivity index (χ3n) is 3.48. The van der Waals surface area contributed by atoms with Gasteiger partial charge in [0.05, 0.1) is 0 Å². The van der Waals surface area contributed by atoms with Crippen molar-refractivity contribution in [2.45, 2.75) is 31.4 Å². The molecular formula is C14H15BrN2O. The summed E-state index contributed by atoms with van der Waals surface area (Å²) in [6.45, 7) is 0. The van der Waals surface area contributed by atoms with Crippen LogP contribution in [0.25, 0.3) is 10.8 Å². The first-order valence-corrected chi connectivity index (χ1v) is 7.00. The van der Waals surface area contributed by atoms with Crippen LogP contribution in [0.4, 0.5) is 0 Å². The summed E-state index contributed by atoms with van der Waals surface area (Å²) in [6, 6.07) is 8.17. The van der Waals surface area contributed by atoms with Crippen LogP contribution in [0.3, 0.4) is 0 Å². The predicted molar refractivity (Wildman–Crippen MR) is 75.7 cm³/mol. The van der Waals surface area contributed by atoms with E-state index in [2.05, 4.69) is 20.9 Å². The lowest BCUT2D eigenvalue weighted by molar-refractivity contribution is 0.186. The number of halogens is 1. The van der Waals surface area contributed by atoms with Gasteiger partial charge in [0.15, 0.2) is 0 Å². The van der Waals surface area contributed by atoms with Crippen molar-refractivity contribution >= 4 is 26.7 Å². The molecule has 1 fully saturated rings. The SMILES string of the molecule is NC1CCCC1Oc1nccc2c(Br)cccc12. The fourth-order valence-corrected chi connectivity index (χ4v) is 2.98. The molecule has 1 saturated carbocycles. The third-order valence-corrected chi connectivity index (χ3v) is 4.17. The van der Waals surface area contributed by atoms with Gasteiger partial charge >= 0.3 is 0 Å². The third kappa shape index (κ3) is 2.10. The summed E-state index contributed by atoms with van der Waals surface area (Å²) < 4.78 is 7.06. The van der Waals surface area contributed by atoms with Crippen molar-refractivity contribution in [2.75, 3.05) is 0 Å². The summed E-state index contributed by atoms with van der Waals surface area (Å²) in [5.41, 5.74) is 6.04. The molecule has 0 bridgehead atoms. The van der Waals surface area contributed by atoms with Gasteiger partial charge in [-0.3, -0.25) is 0 Å². The normalized spacial score (nSPS) is 23.4. The van der Waals surface area contributed by atoms with Crippen molar-refractivity contribution < 1.29 is 4.74 Å². The smallest absolute Gasteiger partial charge is 0.221 e. The van der Waals surface area contributed by atoms with Crippen LogP contribution in [0.15, 0.2) is 34.9 Å². The Balaban J connectivity index is 1.99. The average Bonchev–Trinajstić information content (AvgIpc) is 2.77. The van der Waals surface area contributed by atoms with Gasteiger partial charge in [0.2, 0.25) is 5.88 Å². The number of pyridine rings is 1. The van der Waals surface area contributed by atoms with Gasteiger partial charge in [-0.25, -0.2) is 4.98 Å². The minimum absolute atomic E-state index is 0.0991. The first kappa shape index (κ1) is 11.9. The van der Waals surface area contributed by atoms with E-state index in [9.17, 15) is 0 Å². The molecule has 2 aromatic rings. The van der Waals surface area contributed by atoms with Gasteiger partial charge in [-0.1, -0.05) is 22.0 Å². The molecule has 2 N–H and O–H groups in total. The summed E-state index contributed by atoms with van der Waals surface area (Å²) in [6.07, 6.45) is 5.08. The van der Waals surface area contributed by atoms with E-state index < -0.39 is 0 Å². The van der Waals surface area contributed by atoms with Gasteiger partial charge in [0.25, 0.3) is 0 Å². The van der Waals surface area contributed by atoms with Gasteiger partial charge in [0, 0.05) is 27.5 Å². The first-order chi connectivity index (χ1) is 8.75. The van der Waals surface area contributed by atoms with Gasteiger partial charge in [-0.05, 0) is 37.5 Å². The Hall–Kier alpha value is -1.13. The average molecular weight is 307 g/mol. The minimum Gasteiger partial charge on any atom is -0.472 e. The lowest BCUT2D eigenvalue weighted by Crippen LogP contribution is -2.33. The van der Waals surface area contributed by atoms with Gasteiger partial charge in [-0.15, -0.1) is 0 Å². The molecule has 1 aromatic heterocycles. The summed E-state index contributed by atoms with van der Waals surface area (Å²) >= 11 is 3.55. The van der Waals surface area contributed by atoms with E-state index in [0.29, 0.717) is 5.88 Å². The van der Waals surface area contributed by atoms with Crippen molar-refractivity contribution in [3.63, 3.8) is 0 Å². The number of nitrogens with zero attached hydrogens (tertiary/aromatic N) is 1. The highest BCUT2D eigenvalue weighted by Crippen LogP contribution is 2.31. The summed E-state index contributed by atoms with van der Waals surface area (Å²) in [5.74, 6) is 0.691. The monoisotopic (exact) mass is 306 g/mol. The van der Waals surface area contributed by atoms with Crippen LogP contribution < -0.4 is 10.5 Å². The Labute approximate surface area is 114 Å². The number of benzene rings is 1. The number of hydrogen-bond donors (Lipinski definition) is 1. The lowest BCUT2D eigenvalue weighted by atomic mass is 10.1. The predicted octanol–water partition coefficient (Wildman–Crippen LogP) is 3.26. The van der Waals surface area contributed by atoms with Crippen molar-refractivity contribution in [3.05, 3.63) is 34.9 Å². The van der Waals surface area contributed by atoms with Crippen LogP contribution in [-0.2, 0) is 0 Å². The minimum atomic E-state index is 0.0991. The van der Waals surface area contributed by atoms with Gasteiger partial charge < -0.3 is 10.5 Å². The van der Waals surface area contributed by atoms with Crippen LogP contribution in [0.5, 0.6) is 5.88 Å². The molecule has 18 heavy (non-hydrogen) atoms. The lowest BCUT2D eigenvalue weighted by Gasteiger charge is -2.18. The second-order valence-corrected chi connectivity index (χ2v) is 5.56. The Bertz CT molecular complexity index is 573. The second-order valence-electron chi connectivity index (χ2n) is 4.70. The van der Waals surface area contributed by atoms with E-state index in [-0.39, 0.29) is 12.1 Å². The molecule has 1 aromatic carbocycles. The van der Waals surface area contributed by atoms with Crippen LogP contribution in [0.2, 0.25) is 0 Å². The highest BCUT2D eigenvalue weighted by Gasteiger charge is 2.26. The molecule has 3 nitrogen and oxygen atoms in total. The molecule has 4 heteroatoms. The van der Waals surface area contributed by atoms with Crippen LogP contribution in [0.1, 0.15) is 19.3 Å².